The molecule has 0 rings (SSSR count). The molecule has 0 aliphatic heterocycles. The van der Waals surface area contributed by atoms with E-state index >= 15 is 0 Å². The molecule has 0 fully saturated rings. The van der Waals surface area contributed by atoms with Gasteiger partial charge < -0.3 is 4.74 Å². The van der Waals surface area contributed by atoms with E-state index in [0.29, 0.717) is 12.0 Å². The highest BCUT2D eigenvalue weighted by Gasteiger charge is 1.94. The lowest BCUT2D eigenvalue weighted by molar-refractivity contribution is 0.0593. The molecule has 74 valence electrons. The third-order valence-corrected chi connectivity index (χ3v) is 0.763. The van der Waals surface area contributed by atoms with Gasteiger partial charge in [0.05, 0.1) is 6.10 Å². The Labute approximate surface area is 74.2 Å². The molecule has 0 aromatic carbocycles. The van der Waals surface area contributed by atoms with Crippen LogP contribution >= 0.6 is 0 Å². The zero-order valence-electron chi connectivity index (χ0n) is 6.27. The fourth-order valence-corrected chi connectivity index (χ4v) is 0.385. The van der Waals surface area contributed by atoms with Gasteiger partial charge in [0.1, 0.15) is 0 Å². The number of hydrogen-bond donors (Lipinski definition) is 0. The largest absolute Gasteiger partial charge is 0.379 e. The second-order valence-electron chi connectivity index (χ2n) is 2.78. The molecular formula is C10H28O. The standard InChI is InChI=1S/C7H16O.3CH4/c1-6(2)5-8-7(3)4;;;/h6-7H,5H2,1-4H3;3*1H4. The smallest absolute Gasteiger partial charge is 0.0518 e. The molecule has 0 heterocycles. The lowest BCUT2D eigenvalue weighted by Gasteiger charge is -2.08. The Hall–Kier alpha value is -0.0400. The minimum Gasteiger partial charge on any atom is -0.379 e. The lowest BCUT2D eigenvalue weighted by atomic mass is 10.2. The Morgan fingerprint density at radius 3 is 1.36 bits per heavy atom. The lowest BCUT2D eigenvalue weighted by Crippen LogP contribution is -2.08. The van der Waals surface area contributed by atoms with Crippen molar-refractivity contribution in [1.29, 1.82) is 0 Å². The Balaban J connectivity index is -0.0000000817. The maximum Gasteiger partial charge on any atom is 0.0518 e. The van der Waals surface area contributed by atoms with Crippen LogP contribution in [0.4, 0.5) is 0 Å². The van der Waals surface area contributed by atoms with Gasteiger partial charge in [-0.05, 0) is 19.8 Å². The summed E-state index contributed by atoms with van der Waals surface area (Å²) in [6, 6.07) is 0. The van der Waals surface area contributed by atoms with Crippen molar-refractivity contribution in [3.63, 3.8) is 0 Å². The monoisotopic (exact) mass is 164 g/mol. The summed E-state index contributed by atoms with van der Waals surface area (Å²) in [5.41, 5.74) is 0. The van der Waals surface area contributed by atoms with Gasteiger partial charge >= 0.3 is 0 Å². The van der Waals surface area contributed by atoms with Crippen molar-refractivity contribution in [2.24, 2.45) is 5.92 Å². The van der Waals surface area contributed by atoms with Crippen molar-refractivity contribution in [3.05, 3.63) is 0 Å². The molecule has 0 amide bonds. The molecular weight excluding hydrogens is 136 g/mol. The van der Waals surface area contributed by atoms with Crippen LogP contribution in [-0.2, 0) is 4.74 Å². The summed E-state index contributed by atoms with van der Waals surface area (Å²) in [6.07, 6.45) is 0.386. The second-order valence-corrected chi connectivity index (χ2v) is 2.78. The van der Waals surface area contributed by atoms with Crippen molar-refractivity contribution < 1.29 is 4.74 Å². The van der Waals surface area contributed by atoms with E-state index in [-0.39, 0.29) is 22.3 Å². The molecule has 0 unspecified atom stereocenters. The predicted octanol–water partition coefficient (Wildman–Crippen LogP) is 3.98. The van der Waals surface area contributed by atoms with E-state index in [0.717, 1.165) is 6.61 Å². The van der Waals surface area contributed by atoms with E-state index in [1.165, 1.54) is 0 Å². The van der Waals surface area contributed by atoms with Crippen LogP contribution in [0, 0.1) is 5.92 Å². The minimum atomic E-state index is 0. The number of hydrogen-bond acceptors (Lipinski definition) is 1. The van der Waals surface area contributed by atoms with Crippen LogP contribution in [0.1, 0.15) is 50.0 Å². The highest BCUT2D eigenvalue weighted by molar-refractivity contribution is 4.41. The SMILES string of the molecule is C.C.C.CC(C)COC(C)C. The van der Waals surface area contributed by atoms with E-state index in [9.17, 15) is 0 Å². The highest BCUT2D eigenvalue weighted by Crippen LogP contribution is 1.95. The molecule has 0 N–H and O–H groups in total. The van der Waals surface area contributed by atoms with Crippen molar-refractivity contribution in [1.82, 2.24) is 0 Å². The van der Waals surface area contributed by atoms with Gasteiger partial charge in [-0.3, -0.25) is 0 Å². The van der Waals surface area contributed by atoms with E-state index in [4.69, 9.17) is 4.74 Å². The fourth-order valence-electron chi connectivity index (χ4n) is 0.385. The molecule has 0 bridgehead atoms. The van der Waals surface area contributed by atoms with Crippen LogP contribution in [0.3, 0.4) is 0 Å². The summed E-state index contributed by atoms with van der Waals surface area (Å²) in [6.45, 7) is 9.31. The Bertz CT molecular complexity index is 40.8. The molecule has 1 nitrogen and oxygen atoms in total. The summed E-state index contributed by atoms with van der Waals surface area (Å²) in [7, 11) is 0. The number of rotatable bonds is 3. The van der Waals surface area contributed by atoms with Crippen LogP contribution in [0.2, 0.25) is 0 Å². The molecule has 11 heavy (non-hydrogen) atoms. The first-order valence-corrected chi connectivity index (χ1v) is 3.24. The van der Waals surface area contributed by atoms with Gasteiger partial charge in [0.2, 0.25) is 0 Å². The van der Waals surface area contributed by atoms with E-state index < -0.39 is 0 Å². The van der Waals surface area contributed by atoms with Gasteiger partial charge in [-0.25, -0.2) is 0 Å². The molecule has 0 spiro atoms. The second kappa shape index (κ2) is 12.6. The third kappa shape index (κ3) is 25.7. The Morgan fingerprint density at radius 2 is 1.27 bits per heavy atom. The number of ether oxygens (including phenoxy) is 1. The van der Waals surface area contributed by atoms with Crippen molar-refractivity contribution in [2.75, 3.05) is 6.61 Å². The molecule has 0 aromatic heterocycles. The maximum atomic E-state index is 5.30. The Morgan fingerprint density at radius 1 is 0.909 bits per heavy atom. The van der Waals surface area contributed by atoms with E-state index in [1.54, 1.807) is 0 Å². The topological polar surface area (TPSA) is 9.23 Å². The fraction of sp³-hybridized carbons (Fsp3) is 1.00. The molecule has 0 saturated carbocycles. The molecule has 1 heteroatoms. The van der Waals surface area contributed by atoms with Crippen molar-refractivity contribution in [2.45, 2.75) is 56.1 Å². The first-order valence-electron chi connectivity index (χ1n) is 3.24. The van der Waals surface area contributed by atoms with Crippen LogP contribution in [0.5, 0.6) is 0 Å². The molecule has 0 radical (unpaired) electrons. The van der Waals surface area contributed by atoms with Gasteiger partial charge in [0.15, 0.2) is 0 Å². The van der Waals surface area contributed by atoms with Crippen molar-refractivity contribution in [3.8, 4) is 0 Å². The zero-order chi connectivity index (χ0) is 6.57. The molecule has 0 aliphatic rings. The normalized spacial score (nSPS) is 8.18. The molecule has 0 atom stereocenters. The van der Waals surface area contributed by atoms with Gasteiger partial charge in [-0.15, -0.1) is 0 Å². The average Bonchev–Trinajstić information content (AvgIpc) is 1.61. The summed E-state index contributed by atoms with van der Waals surface area (Å²) in [5.74, 6) is 0.664. The first kappa shape index (κ1) is 22.4. The quantitative estimate of drug-likeness (QED) is 0.613. The average molecular weight is 164 g/mol. The summed E-state index contributed by atoms with van der Waals surface area (Å²) in [4.78, 5) is 0. The molecule has 0 saturated heterocycles. The van der Waals surface area contributed by atoms with Gasteiger partial charge in [0, 0.05) is 6.61 Å². The summed E-state index contributed by atoms with van der Waals surface area (Å²) < 4.78 is 5.30. The molecule has 0 aliphatic carbocycles. The van der Waals surface area contributed by atoms with Crippen molar-refractivity contribution >= 4 is 0 Å². The first-order chi connectivity index (χ1) is 3.63. The molecule has 0 aromatic rings. The van der Waals surface area contributed by atoms with Gasteiger partial charge in [-0.1, -0.05) is 36.1 Å². The summed E-state index contributed by atoms with van der Waals surface area (Å²) in [5, 5.41) is 0. The van der Waals surface area contributed by atoms with E-state index in [2.05, 4.69) is 27.7 Å². The maximum absolute atomic E-state index is 5.30. The third-order valence-electron chi connectivity index (χ3n) is 0.763. The highest BCUT2D eigenvalue weighted by atomic mass is 16.5. The van der Waals surface area contributed by atoms with Gasteiger partial charge in [0.25, 0.3) is 0 Å². The van der Waals surface area contributed by atoms with Crippen LogP contribution in [-0.4, -0.2) is 12.7 Å². The zero-order valence-corrected chi connectivity index (χ0v) is 6.27. The van der Waals surface area contributed by atoms with Crippen LogP contribution < -0.4 is 0 Å². The predicted molar refractivity (Wildman–Crippen MR) is 56.1 cm³/mol. The Kier molecular flexibility index (Phi) is 25.7. The minimum absolute atomic E-state index is 0. The van der Waals surface area contributed by atoms with Crippen LogP contribution in [0.25, 0.3) is 0 Å². The van der Waals surface area contributed by atoms with Crippen LogP contribution in [0.15, 0.2) is 0 Å². The van der Waals surface area contributed by atoms with Gasteiger partial charge in [-0.2, -0.15) is 0 Å². The van der Waals surface area contributed by atoms with E-state index in [1.807, 2.05) is 0 Å². The summed E-state index contributed by atoms with van der Waals surface area (Å²) >= 11 is 0.